The van der Waals surface area contributed by atoms with Gasteiger partial charge in [0, 0.05) is 43.1 Å². The average molecular weight is 364 g/mol. The largest absolute Gasteiger partial charge is 0.368 e. The van der Waals surface area contributed by atoms with E-state index in [-0.39, 0.29) is 5.91 Å². The third-order valence-corrected chi connectivity index (χ3v) is 5.12. The van der Waals surface area contributed by atoms with Gasteiger partial charge in [0.05, 0.1) is 12.3 Å². The van der Waals surface area contributed by atoms with Gasteiger partial charge in [0.1, 0.15) is 12.1 Å². The highest BCUT2D eigenvalue weighted by atomic mass is 16.2. The summed E-state index contributed by atoms with van der Waals surface area (Å²) >= 11 is 0. The molecule has 0 radical (unpaired) electrons. The van der Waals surface area contributed by atoms with Crippen molar-refractivity contribution in [2.45, 2.75) is 37.6 Å². The number of anilines is 1. The van der Waals surface area contributed by atoms with E-state index in [4.69, 9.17) is 5.73 Å². The van der Waals surface area contributed by atoms with Gasteiger partial charge in [0.2, 0.25) is 5.91 Å². The minimum absolute atomic E-state index is 0.0586. The van der Waals surface area contributed by atoms with Gasteiger partial charge in [-0.15, -0.1) is 0 Å². The summed E-state index contributed by atoms with van der Waals surface area (Å²) in [5, 5.41) is 9.39. The van der Waals surface area contributed by atoms with Crippen LogP contribution in [0.5, 0.6) is 0 Å². The van der Waals surface area contributed by atoms with E-state index >= 15 is 0 Å². The first-order valence-electron chi connectivity index (χ1n) is 9.43. The van der Waals surface area contributed by atoms with Crippen molar-refractivity contribution in [3.63, 3.8) is 0 Å². The summed E-state index contributed by atoms with van der Waals surface area (Å²) in [5.41, 5.74) is 8.93. The van der Waals surface area contributed by atoms with Crippen LogP contribution in [0.15, 0.2) is 47.8 Å². The Morgan fingerprint density at radius 2 is 1.96 bits per heavy atom. The summed E-state index contributed by atoms with van der Waals surface area (Å²) in [5.74, 6) is 1.27. The lowest BCUT2D eigenvalue weighted by Gasteiger charge is -2.31. The fourth-order valence-electron chi connectivity index (χ4n) is 3.50. The SMILES string of the molecule is NC1CC(c2cc(NCCN3N=C(c4ccccc4)CCC3=O)ncn2)C1. The van der Waals surface area contributed by atoms with Crippen molar-refractivity contribution in [2.75, 3.05) is 18.4 Å². The molecule has 1 fully saturated rings. The Kier molecular flexibility index (Phi) is 5.11. The number of nitrogens with zero attached hydrogens (tertiary/aromatic N) is 4. The molecule has 1 aromatic heterocycles. The fourth-order valence-corrected chi connectivity index (χ4v) is 3.50. The molecule has 2 heterocycles. The van der Waals surface area contributed by atoms with E-state index in [2.05, 4.69) is 20.4 Å². The Hall–Kier alpha value is -2.80. The molecule has 3 N–H and O–H groups in total. The van der Waals surface area contributed by atoms with Gasteiger partial charge >= 0.3 is 0 Å². The number of aromatic nitrogens is 2. The molecule has 1 aliphatic carbocycles. The van der Waals surface area contributed by atoms with Crippen molar-refractivity contribution in [1.82, 2.24) is 15.0 Å². The molecule has 0 saturated heterocycles. The lowest BCUT2D eigenvalue weighted by Crippen LogP contribution is -2.35. The number of nitrogens with one attached hydrogen (secondary N) is 1. The van der Waals surface area contributed by atoms with Crippen molar-refractivity contribution < 1.29 is 4.79 Å². The maximum Gasteiger partial charge on any atom is 0.243 e. The van der Waals surface area contributed by atoms with E-state index in [0.717, 1.165) is 35.6 Å². The number of hydrogen-bond acceptors (Lipinski definition) is 6. The highest BCUT2D eigenvalue weighted by molar-refractivity contribution is 6.04. The van der Waals surface area contributed by atoms with Crippen molar-refractivity contribution in [3.05, 3.63) is 54.0 Å². The van der Waals surface area contributed by atoms with Crippen LogP contribution in [0.2, 0.25) is 0 Å². The quantitative estimate of drug-likeness (QED) is 0.818. The minimum atomic E-state index is 0.0586. The molecule has 0 unspecified atom stereocenters. The van der Waals surface area contributed by atoms with Crippen LogP contribution in [0.3, 0.4) is 0 Å². The Balaban J connectivity index is 1.35. The number of benzene rings is 1. The van der Waals surface area contributed by atoms with Gasteiger partial charge in [-0.2, -0.15) is 5.10 Å². The molecule has 140 valence electrons. The normalized spacial score (nSPS) is 22.2. The second kappa shape index (κ2) is 7.84. The zero-order chi connectivity index (χ0) is 18.6. The second-order valence-corrected chi connectivity index (χ2v) is 7.11. The van der Waals surface area contributed by atoms with E-state index in [1.165, 1.54) is 0 Å². The summed E-state index contributed by atoms with van der Waals surface area (Å²) < 4.78 is 0. The number of amides is 1. The molecule has 1 aromatic carbocycles. The molecular weight excluding hydrogens is 340 g/mol. The van der Waals surface area contributed by atoms with Crippen molar-refractivity contribution in [2.24, 2.45) is 10.8 Å². The van der Waals surface area contributed by atoms with Crippen LogP contribution >= 0.6 is 0 Å². The summed E-state index contributed by atoms with van der Waals surface area (Å²) in [6, 6.07) is 12.3. The predicted molar refractivity (Wildman–Crippen MR) is 104 cm³/mol. The average Bonchev–Trinajstić information content (AvgIpc) is 2.68. The van der Waals surface area contributed by atoms with Crippen molar-refractivity contribution in [3.8, 4) is 0 Å². The highest BCUT2D eigenvalue weighted by Crippen LogP contribution is 2.34. The smallest absolute Gasteiger partial charge is 0.243 e. The first-order chi connectivity index (χ1) is 13.2. The topological polar surface area (TPSA) is 96.5 Å². The summed E-state index contributed by atoms with van der Waals surface area (Å²) in [6.45, 7) is 1.08. The Bertz CT molecular complexity index is 831. The minimum Gasteiger partial charge on any atom is -0.368 e. The predicted octanol–water partition coefficient (Wildman–Crippen LogP) is 2.12. The number of rotatable bonds is 6. The molecule has 2 aliphatic rings. The maximum absolute atomic E-state index is 12.2. The summed E-state index contributed by atoms with van der Waals surface area (Å²) in [7, 11) is 0. The van der Waals surface area contributed by atoms with E-state index in [1.807, 2.05) is 36.4 Å². The number of carbonyl (C=O) groups is 1. The lowest BCUT2D eigenvalue weighted by atomic mass is 9.79. The number of hydrazone groups is 1. The third kappa shape index (κ3) is 4.14. The van der Waals surface area contributed by atoms with Gasteiger partial charge in [0.15, 0.2) is 0 Å². The van der Waals surface area contributed by atoms with Gasteiger partial charge < -0.3 is 11.1 Å². The van der Waals surface area contributed by atoms with Crippen LogP contribution in [-0.4, -0.2) is 45.7 Å². The molecule has 7 heteroatoms. The number of carbonyl (C=O) groups excluding carboxylic acids is 1. The van der Waals surface area contributed by atoms with Crippen LogP contribution in [0.1, 0.15) is 42.9 Å². The zero-order valence-corrected chi connectivity index (χ0v) is 15.2. The van der Waals surface area contributed by atoms with Gasteiger partial charge in [-0.1, -0.05) is 30.3 Å². The lowest BCUT2D eigenvalue weighted by molar-refractivity contribution is -0.131. The fraction of sp³-hybridized carbons (Fsp3) is 0.400. The van der Waals surface area contributed by atoms with Gasteiger partial charge in [-0.05, 0) is 18.4 Å². The third-order valence-electron chi connectivity index (χ3n) is 5.12. The molecule has 7 nitrogen and oxygen atoms in total. The first-order valence-corrected chi connectivity index (χ1v) is 9.43. The molecule has 1 amide bonds. The molecule has 1 saturated carbocycles. The van der Waals surface area contributed by atoms with Crippen molar-refractivity contribution in [1.29, 1.82) is 0 Å². The second-order valence-electron chi connectivity index (χ2n) is 7.11. The Labute approximate surface area is 158 Å². The molecule has 1 aliphatic heterocycles. The maximum atomic E-state index is 12.2. The molecule has 2 aromatic rings. The molecule has 27 heavy (non-hydrogen) atoms. The standard InChI is InChI=1S/C20H24N6O/c21-16-10-15(11-16)18-12-19(24-13-23-18)22-8-9-26-20(27)7-6-17(25-26)14-4-2-1-3-5-14/h1-5,12-13,15-16H,6-11,21H2,(H,22,23,24). The molecule has 0 spiro atoms. The van der Waals surface area contributed by atoms with E-state index in [1.54, 1.807) is 11.3 Å². The van der Waals surface area contributed by atoms with E-state index in [0.29, 0.717) is 37.9 Å². The van der Waals surface area contributed by atoms with Crippen LogP contribution < -0.4 is 11.1 Å². The number of hydrogen-bond donors (Lipinski definition) is 2. The van der Waals surface area contributed by atoms with E-state index in [9.17, 15) is 4.79 Å². The molecule has 0 bridgehead atoms. The molecular formula is C20H24N6O. The van der Waals surface area contributed by atoms with Crippen LogP contribution in [-0.2, 0) is 4.79 Å². The van der Waals surface area contributed by atoms with Crippen molar-refractivity contribution >= 4 is 17.4 Å². The van der Waals surface area contributed by atoms with Crippen LogP contribution in [0.4, 0.5) is 5.82 Å². The monoisotopic (exact) mass is 364 g/mol. The zero-order valence-electron chi connectivity index (χ0n) is 15.2. The van der Waals surface area contributed by atoms with Gasteiger partial charge in [-0.25, -0.2) is 15.0 Å². The summed E-state index contributed by atoms with van der Waals surface area (Å²) in [6.07, 6.45) is 4.73. The van der Waals surface area contributed by atoms with E-state index < -0.39 is 0 Å². The van der Waals surface area contributed by atoms with Crippen LogP contribution in [0.25, 0.3) is 0 Å². The van der Waals surface area contributed by atoms with Gasteiger partial charge in [0.25, 0.3) is 0 Å². The highest BCUT2D eigenvalue weighted by Gasteiger charge is 2.28. The molecule has 4 rings (SSSR count). The molecule has 0 atom stereocenters. The Morgan fingerprint density at radius 3 is 2.74 bits per heavy atom. The first kappa shape index (κ1) is 17.6. The van der Waals surface area contributed by atoms with Crippen LogP contribution in [0, 0.1) is 0 Å². The van der Waals surface area contributed by atoms with Gasteiger partial charge in [-0.3, -0.25) is 4.79 Å². The summed E-state index contributed by atoms with van der Waals surface area (Å²) in [4.78, 5) is 20.8. The Morgan fingerprint density at radius 1 is 1.15 bits per heavy atom. The number of nitrogens with two attached hydrogens (primary N) is 1.